The van der Waals surface area contributed by atoms with E-state index in [4.69, 9.17) is 28.9 Å². The van der Waals surface area contributed by atoms with Gasteiger partial charge in [0.15, 0.2) is 0 Å². The van der Waals surface area contributed by atoms with Gasteiger partial charge >= 0.3 is 0 Å². The van der Waals surface area contributed by atoms with Crippen molar-refractivity contribution in [1.29, 1.82) is 0 Å². The minimum atomic E-state index is -3.67. The summed E-state index contributed by atoms with van der Waals surface area (Å²) in [5.74, 6) is 0. The fourth-order valence-electron chi connectivity index (χ4n) is 1.58. The lowest BCUT2D eigenvalue weighted by Crippen LogP contribution is -2.32. The van der Waals surface area contributed by atoms with Gasteiger partial charge in [-0.2, -0.15) is 0 Å². The molecule has 1 atom stereocenters. The molecule has 0 saturated heterocycles. The van der Waals surface area contributed by atoms with Crippen LogP contribution in [0.5, 0.6) is 0 Å². The third kappa shape index (κ3) is 3.51. The summed E-state index contributed by atoms with van der Waals surface area (Å²) in [7, 11) is -3.67. The quantitative estimate of drug-likeness (QED) is 0.821. The lowest BCUT2D eigenvalue weighted by atomic mass is 10.2. The normalized spacial score (nSPS) is 13.6. The molecule has 1 unspecified atom stereocenters. The summed E-state index contributed by atoms with van der Waals surface area (Å²) in [5, 5.41) is 0.194. The second kappa shape index (κ2) is 6.10. The summed E-state index contributed by atoms with van der Waals surface area (Å²) in [6, 6.07) is 2.61. The standard InChI is InChI=1S/C11H16Cl2N2O2S/c1-3-4-7(2)15-18(16,17)9-6-5-8(12)11(14)10(9)13/h5-7,15H,3-4,14H2,1-2H3. The number of benzene rings is 1. The van der Waals surface area contributed by atoms with Gasteiger partial charge in [0.1, 0.15) is 4.90 Å². The van der Waals surface area contributed by atoms with Crippen molar-refractivity contribution in [3.8, 4) is 0 Å². The first-order chi connectivity index (χ1) is 8.29. The number of nitrogen functional groups attached to an aromatic ring is 1. The second-order valence-electron chi connectivity index (χ2n) is 4.08. The van der Waals surface area contributed by atoms with Crippen molar-refractivity contribution in [1.82, 2.24) is 4.72 Å². The van der Waals surface area contributed by atoms with E-state index in [1.54, 1.807) is 6.92 Å². The van der Waals surface area contributed by atoms with Gasteiger partial charge in [0, 0.05) is 6.04 Å². The molecule has 0 aliphatic heterocycles. The molecule has 1 rings (SSSR count). The molecule has 0 aliphatic carbocycles. The number of sulfonamides is 1. The molecular formula is C11H16Cl2N2O2S. The Bertz CT molecular complexity index is 532. The Morgan fingerprint density at radius 3 is 2.56 bits per heavy atom. The zero-order valence-electron chi connectivity index (χ0n) is 10.2. The number of rotatable bonds is 5. The Morgan fingerprint density at radius 2 is 2.00 bits per heavy atom. The van der Waals surface area contributed by atoms with Crippen LogP contribution in [0.3, 0.4) is 0 Å². The first-order valence-corrected chi connectivity index (χ1v) is 7.79. The van der Waals surface area contributed by atoms with E-state index in [0.29, 0.717) is 0 Å². The Hall–Kier alpha value is -0.490. The highest BCUT2D eigenvalue weighted by Crippen LogP contribution is 2.33. The van der Waals surface area contributed by atoms with Crippen LogP contribution in [0.1, 0.15) is 26.7 Å². The van der Waals surface area contributed by atoms with Crippen LogP contribution in [0.2, 0.25) is 10.0 Å². The van der Waals surface area contributed by atoms with Crippen LogP contribution < -0.4 is 10.5 Å². The molecule has 102 valence electrons. The van der Waals surface area contributed by atoms with Crippen molar-refractivity contribution in [3.05, 3.63) is 22.2 Å². The SMILES string of the molecule is CCCC(C)NS(=O)(=O)c1ccc(Cl)c(N)c1Cl. The molecule has 0 spiro atoms. The molecular weight excluding hydrogens is 295 g/mol. The number of halogens is 2. The van der Waals surface area contributed by atoms with Gasteiger partial charge in [0.05, 0.1) is 15.7 Å². The highest BCUT2D eigenvalue weighted by Gasteiger charge is 2.22. The summed E-state index contributed by atoms with van der Waals surface area (Å²) in [6.45, 7) is 3.78. The summed E-state index contributed by atoms with van der Waals surface area (Å²) in [5.41, 5.74) is 5.69. The van der Waals surface area contributed by atoms with Gasteiger partial charge in [-0.05, 0) is 25.5 Å². The van der Waals surface area contributed by atoms with E-state index in [1.807, 2.05) is 6.92 Å². The Balaban J connectivity index is 3.10. The van der Waals surface area contributed by atoms with E-state index in [2.05, 4.69) is 4.72 Å². The zero-order valence-corrected chi connectivity index (χ0v) is 12.5. The van der Waals surface area contributed by atoms with Gasteiger partial charge in [-0.25, -0.2) is 13.1 Å². The largest absolute Gasteiger partial charge is 0.396 e. The molecule has 7 heteroatoms. The minimum absolute atomic E-state index is 0.0429. The third-order valence-corrected chi connectivity index (χ3v) is 4.94. The van der Waals surface area contributed by atoms with Gasteiger partial charge in [-0.1, -0.05) is 36.5 Å². The summed E-state index contributed by atoms with van der Waals surface area (Å²) in [6.07, 6.45) is 1.64. The predicted molar refractivity (Wildman–Crippen MR) is 75.6 cm³/mol. The van der Waals surface area contributed by atoms with E-state index < -0.39 is 10.0 Å². The molecule has 0 bridgehead atoms. The average Bonchev–Trinajstić information content (AvgIpc) is 2.25. The molecule has 0 radical (unpaired) electrons. The van der Waals surface area contributed by atoms with Crippen LogP contribution in [0, 0.1) is 0 Å². The Kier molecular flexibility index (Phi) is 5.28. The highest BCUT2D eigenvalue weighted by molar-refractivity contribution is 7.89. The second-order valence-corrected chi connectivity index (χ2v) is 6.55. The van der Waals surface area contributed by atoms with Crippen molar-refractivity contribution in [3.63, 3.8) is 0 Å². The average molecular weight is 311 g/mol. The lowest BCUT2D eigenvalue weighted by molar-refractivity contribution is 0.544. The van der Waals surface area contributed by atoms with Crippen LogP contribution in [0.25, 0.3) is 0 Å². The number of nitrogens with two attached hydrogens (primary N) is 1. The van der Waals surface area contributed by atoms with E-state index >= 15 is 0 Å². The van der Waals surface area contributed by atoms with Crippen molar-refractivity contribution >= 4 is 38.9 Å². The number of hydrogen-bond donors (Lipinski definition) is 2. The number of anilines is 1. The molecule has 1 aromatic carbocycles. The van der Waals surface area contributed by atoms with E-state index in [-0.39, 0.29) is 26.7 Å². The lowest BCUT2D eigenvalue weighted by Gasteiger charge is -2.15. The maximum absolute atomic E-state index is 12.1. The van der Waals surface area contributed by atoms with Crippen LogP contribution in [-0.2, 0) is 10.0 Å². The van der Waals surface area contributed by atoms with Crippen LogP contribution in [0.15, 0.2) is 17.0 Å². The Labute approximate surface area is 118 Å². The third-order valence-electron chi connectivity index (χ3n) is 2.46. The van der Waals surface area contributed by atoms with Crippen LogP contribution >= 0.6 is 23.2 Å². The monoisotopic (exact) mass is 310 g/mol. The highest BCUT2D eigenvalue weighted by atomic mass is 35.5. The van der Waals surface area contributed by atoms with Gasteiger partial charge in [0.25, 0.3) is 0 Å². The molecule has 18 heavy (non-hydrogen) atoms. The van der Waals surface area contributed by atoms with Crippen molar-refractivity contribution in [2.45, 2.75) is 37.6 Å². The van der Waals surface area contributed by atoms with Crippen molar-refractivity contribution in [2.24, 2.45) is 0 Å². The first kappa shape index (κ1) is 15.6. The Morgan fingerprint density at radius 1 is 1.39 bits per heavy atom. The summed E-state index contributed by atoms with van der Waals surface area (Å²) >= 11 is 11.7. The molecule has 0 aliphatic rings. The number of hydrogen-bond acceptors (Lipinski definition) is 3. The molecule has 3 N–H and O–H groups in total. The molecule has 0 amide bonds. The van der Waals surface area contributed by atoms with Gasteiger partial charge in [-0.15, -0.1) is 0 Å². The minimum Gasteiger partial charge on any atom is -0.396 e. The maximum Gasteiger partial charge on any atom is 0.242 e. The van der Waals surface area contributed by atoms with Crippen LogP contribution in [-0.4, -0.2) is 14.5 Å². The zero-order chi connectivity index (χ0) is 13.9. The van der Waals surface area contributed by atoms with E-state index in [1.165, 1.54) is 12.1 Å². The molecule has 0 aromatic heterocycles. The fraction of sp³-hybridized carbons (Fsp3) is 0.455. The smallest absolute Gasteiger partial charge is 0.242 e. The fourth-order valence-corrected chi connectivity index (χ4v) is 3.62. The molecule has 1 aromatic rings. The molecule has 0 fully saturated rings. The molecule has 0 saturated carbocycles. The van der Waals surface area contributed by atoms with Gasteiger partial charge in [0.2, 0.25) is 10.0 Å². The van der Waals surface area contributed by atoms with E-state index in [9.17, 15) is 8.42 Å². The van der Waals surface area contributed by atoms with E-state index in [0.717, 1.165) is 12.8 Å². The molecule has 0 heterocycles. The van der Waals surface area contributed by atoms with Crippen molar-refractivity contribution < 1.29 is 8.42 Å². The van der Waals surface area contributed by atoms with Crippen LogP contribution in [0.4, 0.5) is 5.69 Å². The van der Waals surface area contributed by atoms with Gasteiger partial charge < -0.3 is 5.73 Å². The maximum atomic E-state index is 12.1. The summed E-state index contributed by atoms with van der Waals surface area (Å²) < 4.78 is 26.8. The topological polar surface area (TPSA) is 72.2 Å². The molecule has 4 nitrogen and oxygen atoms in total. The number of nitrogens with one attached hydrogen (secondary N) is 1. The summed E-state index contributed by atoms with van der Waals surface area (Å²) in [4.78, 5) is -0.0472. The van der Waals surface area contributed by atoms with Crippen molar-refractivity contribution in [2.75, 3.05) is 5.73 Å². The predicted octanol–water partition coefficient (Wildman–Crippen LogP) is 3.04. The first-order valence-electron chi connectivity index (χ1n) is 5.55. The van der Waals surface area contributed by atoms with Gasteiger partial charge in [-0.3, -0.25) is 0 Å².